The van der Waals surface area contributed by atoms with Crippen LogP contribution in [-0.2, 0) is 6.54 Å². The van der Waals surface area contributed by atoms with Crippen LogP contribution in [0.15, 0.2) is 11.6 Å². The van der Waals surface area contributed by atoms with Crippen LogP contribution in [0.1, 0.15) is 24.2 Å². The van der Waals surface area contributed by atoms with E-state index in [4.69, 9.17) is 0 Å². The van der Waals surface area contributed by atoms with Crippen molar-refractivity contribution in [1.82, 2.24) is 14.7 Å². The van der Waals surface area contributed by atoms with Crippen LogP contribution in [0.5, 0.6) is 0 Å². The van der Waals surface area contributed by atoms with Crippen molar-refractivity contribution in [2.75, 3.05) is 11.5 Å². The molecule has 0 radical (unpaired) electrons. The number of nitrogens with one attached hydrogen (secondary N) is 1. The molecule has 0 saturated carbocycles. The van der Waals surface area contributed by atoms with Crippen LogP contribution in [0.25, 0.3) is 4.96 Å². The topological polar surface area (TPSA) is 29.3 Å². The number of thiazole rings is 1. The lowest BCUT2D eigenvalue weighted by Crippen LogP contribution is -2.32. The van der Waals surface area contributed by atoms with E-state index in [1.54, 1.807) is 11.3 Å². The van der Waals surface area contributed by atoms with E-state index in [9.17, 15) is 0 Å². The zero-order valence-electron chi connectivity index (χ0n) is 9.98. The maximum Gasteiger partial charge on any atom is 0.194 e. The molecule has 0 bridgehead atoms. The van der Waals surface area contributed by atoms with Gasteiger partial charge in [0.1, 0.15) is 0 Å². The number of thioether (sulfide) groups is 1. The van der Waals surface area contributed by atoms with Crippen molar-refractivity contribution >= 4 is 28.1 Å². The van der Waals surface area contributed by atoms with Gasteiger partial charge in [0.2, 0.25) is 0 Å². The molecular weight excluding hydrogens is 250 g/mol. The van der Waals surface area contributed by atoms with E-state index in [0.29, 0.717) is 6.04 Å². The quantitative estimate of drug-likeness (QED) is 0.927. The molecule has 2 aromatic heterocycles. The first-order chi connectivity index (χ1) is 8.34. The summed E-state index contributed by atoms with van der Waals surface area (Å²) in [6.07, 6.45) is 4.72. The molecular formula is C12H17N3S2. The molecule has 0 atom stereocenters. The van der Waals surface area contributed by atoms with E-state index in [0.717, 1.165) is 17.2 Å². The van der Waals surface area contributed by atoms with Crippen molar-refractivity contribution in [3.8, 4) is 0 Å². The molecule has 2 aromatic rings. The van der Waals surface area contributed by atoms with Gasteiger partial charge in [0, 0.05) is 24.2 Å². The Balaban J connectivity index is 1.71. The zero-order chi connectivity index (χ0) is 11.7. The number of fused-ring (bicyclic) bond motifs is 1. The monoisotopic (exact) mass is 267 g/mol. The fourth-order valence-corrected chi connectivity index (χ4v) is 4.18. The standard InChI is InChI=1S/C12H17N3S2/c1-9-11(15-4-7-17-12(15)14-9)8-13-10-2-5-16-6-3-10/h4,7,10,13H,2-3,5-6,8H2,1H3. The highest BCUT2D eigenvalue weighted by Gasteiger charge is 2.15. The molecule has 1 N–H and O–H groups in total. The zero-order valence-corrected chi connectivity index (χ0v) is 11.6. The molecule has 1 aliphatic heterocycles. The Morgan fingerprint density at radius 1 is 1.47 bits per heavy atom. The van der Waals surface area contributed by atoms with Crippen LogP contribution in [0.3, 0.4) is 0 Å². The summed E-state index contributed by atoms with van der Waals surface area (Å²) in [5.41, 5.74) is 2.48. The van der Waals surface area contributed by atoms with Gasteiger partial charge in [0.05, 0.1) is 11.4 Å². The number of aryl methyl sites for hydroxylation is 1. The summed E-state index contributed by atoms with van der Waals surface area (Å²) in [5.74, 6) is 2.60. The van der Waals surface area contributed by atoms with Crippen LogP contribution < -0.4 is 5.32 Å². The second-order valence-corrected chi connectivity index (χ2v) is 6.56. The molecule has 17 heavy (non-hydrogen) atoms. The summed E-state index contributed by atoms with van der Waals surface area (Å²) in [6.45, 7) is 3.05. The largest absolute Gasteiger partial charge is 0.308 e. The van der Waals surface area contributed by atoms with E-state index < -0.39 is 0 Å². The molecule has 3 nitrogen and oxygen atoms in total. The Bertz CT molecular complexity index is 497. The number of hydrogen-bond acceptors (Lipinski definition) is 4. The summed E-state index contributed by atoms with van der Waals surface area (Å²) < 4.78 is 2.21. The number of nitrogens with zero attached hydrogens (tertiary/aromatic N) is 2. The SMILES string of the molecule is Cc1nc2sccn2c1CNC1CCSCC1. The van der Waals surface area contributed by atoms with E-state index in [1.165, 1.54) is 30.0 Å². The van der Waals surface area contributed by atoms with Crippen LogP contribution in [0.4, 0.5) is 0 Å². The molecule has 0 unspecified atom stereocenters. The van der Waals surface area contributed by atoms with Crippen LogP contribution >= 0.6 is 23.1 Å². The predicted molar refractivity (Wildman–Crippen MR) is 75.0 cm³/mol. The lowest BCUT2D eigenvalue weighted by molar-refractivity contribution is 0.477. The van der Waals surface area contributed by atoms with Crippen molar-refractivity contribution in [3.63, 3.8) is 0 Å². The van der Waals surface area contributed by atoms with Gasteiger partial charge >= 0.3 is 0 Å². The average Bonchev–Trinajstić information content (AvgIpc) is 2.89. The Labute approximate surface area is 110 Å². The van der Waals surface area contributed by atoms with Gasteiger partial charge in [-0.25, -0.2) is 4.98 Å². The normalized spacial score (nSPS) is 17.9. The molecule has 0 spiro atoms. The van der Waals surface area contributed by atoms with E-state index in [1.807, 2.05) is 0 Å². The maximum atomic E-state index is 4.57. The van der Waals surface area contributed by atoms with Crippen molar-refractivity contribution < 1.29 is 0 Å². The first-order valence-electron chi connectivity index (χ1n) is 6.07. The smallest absolute Gasteiger partial charge is 0.194 e. The summed E-state index contributed by atoms with van der Waals surface area (Å²) in [7, 11) is 0. The van der Waals surface area contributed by atoms with Crippen LogP contribution in [0.2, 0.25) is 0 Å². The van der Waals surface area contributed by atoms with Gasteiger partial charge in [0.25, 0.3) is 0 Å². The Morgan fingerprint density at radius 2 is 2.29 bits per heavy atom. The molecule has 92 valence electrons. The average molecular weight is 267 g/mol. The molecule has 1 fully saturated rings. The van der Waals surface area contributed by atoms with Gasteiger partial charge in [-0.2, -0.15) is 11.8 Å². The summed E-state index contributed by atoms with van der Waals surface area (Å²) in [4.78, 5) is 5.68. The molecule has 1 saturated heterocycles. The number of rotatable bonds is 3. The third kappa shape index (κ3) is 2.37. The Kier molecular flexibility index (Phi) is 3.40. The van der Waals surface area contributed by atoms with Gasteiger partial charge in [0.15, 0.2) is 4.96 Å². The third-order valence-electron chi connectivity index (χ3n) is 3.34. The second kappa shape index (κ2) is 5.00. The first-order valence-corrected chi connectivity index (χ1v) is 8.10. The summed E-state index contributed by atoms with van der Waals surface area (Å²) in [5, 5.41) is 5.78. The minimum Gasteiger partial charge on any atom is -0.308 e. The van der Waals surface area contributed by atoms with E-state index >= 15 is 0 Å². The van der Waals surface area contributed by atoms with Crippen molar-refractivity contribution in [1.29, 1.82) is 0 Å². The highest BCUT2D eigenvalue weighted by molar-refractivity contribution is 7.99. The summed E-state index contributed by atoms with van der Waals surface area (Å²) >= 11 is 3.78. The molecule has 0 aliphatic carbocycles. The number of hydrogen-bond donors (Lipinski definition) is 1. The maximum absolute atomic E-state index is 4.57. The molecule has 1 aliphatic rings. The highest BCUT2D eigenvalue weighted by Crippen LogP contribution is 2.19. The Morgan fingerprint density at radius 3 is 3.12 bits per heavy atom. The van der Waals surface area contributed by atoms with Crippen molar-refractivity contribution in [2.24, 2.45) is 0 Å². The number of aromatic nitrogens is 2. The van der Waals surface area contributed by atoms with Crippen molar-refractivity contribution in [2.45, 2.75) is 32.4 Å². The Hall–Kier alpha value is -0.520. The second-order valence-electron chi connectivity index (χ2n) is 4.47. The fraction of sp³-hybridized carbons (Fsp3) is 0.583. The number of imidazole rings is 1. The molecule has 0 amide bonds. The molecule has 3 heterocycles. The minimum absolute atomic E-state index is 0.694. The molecule has 3 rings (SSSR count). The third-order valence-corrected chi connectivity index (χ3v) is 5.15. The summed E-state index contributed by atoms with van der Waals surface area (Å²) in [6, 6.07) is 0.694. The van der Waals surface area contributed by atoms with Gasteiger partial charge in [-0.3, -0.25) is 4.40 Å². The van der Waals surface area contributed by atoms with E-state index in [-0.39, 0.29) is 0 Å². The van der Waals surface area contributed by atoms with Crippen molar-refractivity contribution in [3.05, 3.63) is 23.0 Å². The fourth-order valence-electron chi connectivity index (χ4n) is 2.30. The van der Waals surface area contributed by atoms with Gasteiger partial charge < -0.3 is 5.32 Å². The van der Waals surface area contributed by atoms with Crippen LogP contribution in [0, 0.1) is 6.92 Å². The highest BCUT2D eigenvalue weighted by atomic mass is 32.2. The van der Waals surface area contributed by atoms with Gasteiger partial charge in [-0.15, -0.1) is 11.3 Å². The molecule has 5 heteroatoms. The lowest BCUT2D eigenvalue weighted by Gasteiger charge is -2.22. The molecule has 0 aromatic carbocycles. The lowest BCUT2D eigenvalue weighted by atomic mass is 10.1. The predicted octanol–water partition coefficient (Wildman–Crippen LogP) is 2.69. The van der Waals surface area contributed by atoms with Gasteiger partial charge in [-0.05, 0) is 31.3 Å². The first kappa shape index (κ1) is 11.6. The van der Waals surface area contributed by atoms with E-state index in [2.05, 4.69) is 45.0 Å². The van der Waals surface area contributed by atoms with Gasteiger partial charge in [-0.1, -0.05) is 0 Å². The van der Waals surface area contributed by atoms with Crippen LogP contribution in [-0.4, -0.2) is 26.9 Å². The minimum atomic E-state index is 0.694.